The molecule has 1 atom stereocenters. The lowest BCUT2D eigenvalue weighted by Gasteiger charge is -2.28. The van der Waals surface area contributed by atoms with Crippen molar-refractivity contribution in [2.75, 3.05) is 26.7 Å². The summed E-state index contributed by atoms with van der Waals surface area (Å²) in [4.78, 5) is 31.1. The molecule has 37 heavy (non-hydrogen) atoms. The molecule has 2 heterocycles. The summed E-state index contributed by atoms with van der Waals surface area (Å²) < 4.78 is 11.5. The molecule has 1 fully saturated rings. The first kappa shape index (κ1) is 24.8. The number of nitrogens with one attached hydrogen (secondary N) is 1. The van der Waals surface area contributed by atoms with Crippen LogP contribution < -0.4 is 10.1 Å². The number of likely N-dealkylation sites (tertiary alicyclic amines) is 1. The minimum Gasteiger partial charge on any atom is -0.480 e. The number of hydrogen-bond donors (Lipinski definition) is 2. The van der Waals surface area contributed by atoms with E-state index in [0.717, 1.165) is 48.2 Å². The van der Waals surface area contributed by atoms with Crippen molar-refractivity contribution < 1.29 is 24.2 Å². The Morgan fingerprint density at radius 1 is 1.03 bits per heavy atom. The number of aliphatic carboxylic acids is 1. The number of amides is 1. The minimum absolute atomic E-state index is 0.0844. The van der Waals surface area contributed by atoms with Gasteiger partial charge in [-0.3, -0.25) is 0 Å². The first-order chi connectivity index (χ1) is 18.0. The van der Waals surface area contributed by atoms with Gasteiger partial charge in [0.25, 0.3) is 0 Å². The Balaban J connectivity index is 1.16. The molecular weight excluding hydrogens is 470 g/mol. The van der Waals surface area contributed by atoms with E-state index in [4.69, 9.17) is 9.47 Å². The molecule has 1 amide bonds. The molecule has 0 spiro atoms. The number of carboxylic acids is 1. The van der Waals surface area contributed by atoms with Crippen LogP contribution in [0.15, 0.2) is 66.9 Å². The third-order valence-electron chi connectivity index (χ3n) is 7.12. The van der Waals surface area contributed by atoms with Gasteiger partial charge in [-0.1, -0.05) is 54.6 Å². The van der Waals surface area contributed by atoms with Gasteiger partial charge in [-0.15, -0.1) is 0 Å². The molecule has 192 valence electrons. The summed E-state index contributed by atoms with van der Waals surface area (Å²) in [5.74, 6) is -0.711. The normalized spacial score (nSPS) is 16.5. The lowest BCUT2D eigenvalue weighted by atomic mass is 9.98. The lowest BCUT2D eigenvalue weighted by molar-refractivity contribution is -0.139. The molecular formula is C29H31N3O5. The Morgan fingerprint density at radius 2 is 1.68 bits per heavy atom. The quantitative estimate of drug-likeness (QED) is 0.479. The number of pyridine rings is 1. The number of carbonyl (C=O) groups excluding carboxylic acids is 1. The first-order valence-corrected chi connectivity index (χ1v) is 12.6. The van der Waals surface area contributed by atoms with Crippen LogP contribution in [0.4, 0.5) is 4.79 Å². The SMILES string of the molecule is CN1CCC(Oc2ccc(C[C@H](NC(=O)OCC3c4ccccc4-c4ccccc43)C(=O)O)cn2)CC1. The summed E-state index contributed by atoms with van der Waals surface area (Å²) in [6.07, 6.45) is 2.96. The molecule has 1 aliphatic heterocycles. The Hall–Kier alpha value is -3.91. The van der Waals surface area contributed by atoms with Gasteiger partial charge in [-0.2, -0.15) is 0 Å². The number of rotatable bonds is 8. The van der Waals surface area contributed by atoms with E-state index < -0.39 is 18.1 Å². The van der Waals surface area contributed by atoms with Crippen LogP contribution >= 0.6 is 0 Å². The highest BCUT2D eigenvalue weighted by Gasteiger charge is 2.30. The van der Waals surface area contributed by atoms with Crippen molar-refractivity contribution in [2.45, 2.75) is 37.3 Å². The Labute approximate surface area is 216 Å². The molecule has 8 nitrogen and oxygen atoms in total. The van der Waals surface area contributed by atoms with Crippen molar-refractivity contribution >= 4 is 12.1 Å². The van der Waals surface area contributed by atoms with E-state index in [-0.39, 0.29) is 25.0 Å². The zero-order valence-electron chi connectivity index (χ0n) is 20.8. The summed E-state index contributed by atoms with van der Waals surface area (Å²) in [5.41, 5.74) is 5.14. The van der Waals surface area contributed by atoms with E-state index >= 15 is 0 Å². The maximum absolute atomic E-state index is 12.6. The van der Waals surface area contributed by atoms with Crippen LogP contribution in [0.3, 0.4) is 0 Å². The fraction of sp³-hybridized carbons (Fsp3) is 0.345. The maximum Gasteiger partial charge on any atom is 0.407 e. The molecule has 5 rings (SSSR count). The van der Waals surface area contributed by atoms with Gasteiger partial charge in [0.05, 0.1) is 0 Å². The van der Waals surface area contributed by atoms with E-state index in [1.807, 2.05) is 36.4 Å². The van der Waals surface area contributed by atoms with Gasteiger partial charge in [0.1, 0.15) is 18.8 Å². The number of piperidine rings is 1. The number of alkyl carbamates (subject to hydrolysis) is 1. The fourth-order valence-electron chi connectivity index (χ4n) is 5.09. The van der Waals surface area contributed by atoms with Gasteiger partial charge in [-0.05, 0) is 47.7 Å². The van der Waals surface area contributed by atoms with Gasteiger partial charge in [0.15, 0.2) is 0 Å². The fourth-order valence-corrected chi connectivity index (χ4v) is 5.09. The summed E-state index contributed by atoms with van der Waals surface area (Å²) in [7, 11) is 2.10. The largest absolute Gasteiger partial charge is 0.480 e. The Morgan fingerprint density at radius 3 is 2.27 bits per heavy atom. The first-order valence-electron chi connectivity index (χ1n) is 12.6. The molecule has 1 aliphatic carbocycles. The zero-order chi connectivity index (χ0) is 25.8. The molecule has 0 radical (unpaired) electrons. The van der Waals surface area contributed by atoms with E-state index in [0.29, 0.717) is 11.4 Å². The van der Waals surface area contributed by atoms with Gasteiger partial charge in [0, 0.05) is 37.7 Å². The molecule has 2 aliphatic rings. The maximum atomic E-state index is 12.6. The number of carboxylic acid groups (broad SMARTS) is 1. The molecule has 0 bridgehead atoms. The van der Waals surface area contributed by atoms with Crippen molar-refractivity contribution in [3.05, 3.63) is 83.6 Å². The molecule has 2 aromatic carbocycles. The summed E-state index contributed by atoms with van der Waals surface area (Å²) in [6.45, 7) is 2.10. The summed E-state index contributed by atoms with van der Waals surface area (Å²) in [5, 5.41) is 12.2. The van der Waals surface area contributed by atoms with E-state index in [9.17, 15) is 14.7 Å². The highest BCUT2D eigenvalue weighted by atomic mass is 16.5. The van der Waals surface area contributed by atoms with Gasteiger partial charge >= 0.3 is 12.1 Å². The van der Waals surface area contributed by atoms with Crippen LogP contribution in [0.2, 0.25) is 0 Å². The van der Waals surface area contributed by atoms with Gasteiger partial charge in [-0.25, -0.2) is 14.6 Å². The Kier molecular flexibility index (Phi) is 7.37. The zero-order valence-corrected chi connectivity index (χ0v) is 20.8. The van der Waals surface area contributed by atoms with Crippen molar-refractivity contribution in [3.8, 4) is 17.0 Å². The van der Waals surface area contributed by atoms with Crippen LogP contribution in [-0.4, -0.2) is 65.9 Å². The summed E-state index contributed by atoms with van der Waals surface area (Å²) >= 11 is 0. The van der Waals surface area contributed by atoms with E-state index in [1.54, 1.807) is 18.3 Å². The van der Waals surface area contributed by atoms with Crippen molar-refractivity contribution in [1.82, 2.24) is 15.2 Å². The molecule has 3 aromatic rings. The lowest BCUT2D eigenvalue weighted by Crippen LogP contribution is -2.43. The molecule has 1 saturated heterocycles. The molecule has 1 aromatic heterocycles. The van der Waals surface area contributed by atoms with Crippen molar-refractivity contribution in [2.24, 2.45) is 0 Å². The number of carbonyl (C=O) groups is 2. The van der Waals surface area contributed by atoms with Crippen LogP contribution in [-0.2, 0) is 16.0 Å². The van der Waals surface area contributed by atoms with E-state index in [2.05, 4.69) is 34.4 Å². The van der Waals surface area contributed by atoms with E-state index in [1.165, 1.54) is 0 Å². The third kappa shape index (κ3) is 5.75. The average molecular weight is 502 g/mol. The monoisotopic (exact) mass is 501 g/mol. The second kappa shape index (κ2) is 11.0. The smallest absolute Gasteiger partial charge is 0.407 e. The predicted molar refractivity (Wildman–Crippen MR) is 139 cm³/mol. The topological polar surface area (TPSA) is 101 Å². The molecule has 0 unspecified atom stereocenters. The summed E-state index contributed by atoms with van der Waals surface area (Å²) in [6, 6.07) is 18.5. The number of hydrogen-bond acceptors (Lipinski definition) is 6. The second-order valence-electron chi connectivity index (χ2n) is 9.69. The number of ether oxygens (including phenoxy) is 2. The number of aromatic nitrogens is 1. The second-order valence-corrected chi connectivity index (χ2v) is 9.69. The highest BCUT2D eigenvalue weighted by molar-refractivity contribution is 5.81. The van der Waals surface area contributed by atoms with Crippen LogP contribution in [0.5, 0.6) is 5.88 Å². The van der Waals surface area contributed by atoms with Crippen LogP contribution in [0.1, 0.15) is 35.4 Å². The third-order valence-corrected chi connectivity index (χ3v) is 7.12. The van der Waals surface area contributed by atoms with Crippen LogP contribution in [0.25, 0.3) is 11.1 Å². The standard InChI is InChI=1S/C29H31N3O5/c1-32-14-12-20(13-15-32)37-27-11-10-19(17-30-27)16-26(28(33)34)31-29(35)36-18-25-23-8-4-2-6-21(23)22-7-3-5-9-24(22)25/h2-11,17,20,25-26H,12-16,18H2,1H3,(H,31,35)(H,33,34)/t26-/m0/s1. The van der Waals surface area contributed by atoms with Crippen molar-refractivity contribution in [1.29, 1.82) is 0 Å². The van der Waals surface area contributed by atoms with Gasteiger partial charge in [0.2, 0.25) is 5.88 Å². The van der Waals surface area contributed by atoms with Crippen LogP contribution in [0, 0.1) is 0 Å². The number of nitrogens with zero attached hydrogens (tertiary/aromatic N) is 2. The molecule has 0 saturated carbocycles. The molecule has 8 heteroatoms. The Bertz CT molecular complexity index is 1210. The highest BCUT2D eigenvalue weighted by Crippen LogP contribution is 2.44. The van der Waals surface area contributed by atoms with Gasteiger partial charge < -0.3 is 24.8 Å². The minimum atomic E-state index is -1.14. The predicted octanol–water partition coefficient (Wildman–Crippen LogP) is 4.09. The van der Waals surface area contributed by atoms with Crippen molar-refractivity contribution in [3.63, 3.8) is 0 Å². The molecule has 2 N–H and O–H groups in total. The number of fused-ring (bicyclic) bond motifs is 3. The average Bonchev–Trinajstić information content (AvgIpc) is 3.23. The number of benzene rings is 2.